The second-order valence-corrected chi connectivity index (χ2v) is 6.05. The minimum atomic E-state index is -0.384. The van der Waals surface area contributed by atoms with E-state index < -0.39 is 0 Å². The number of hydrogen-bond donors (Lipinski definition) is 1. The van der Waals surface area contributed by atoms with Crippen LogP contribution < -0.4 is 0 Å². The molecule has 0 bridgehead atoms. The van der Waals surface area contributed by atoms with Gasteiger partial charge in [0.2, 0.25) is 0 Å². The SMILES string of the molecule is CCCC1OC(C)CC(CC(CCC(C)O)OC(C)=O)O1. The van der Waals surface area contributed by atoms with Crippen LogP contribution in [0.15, 0.2) is 0 Å². The average Bonchev–Trinajstić information content (AvgIpc) is 2.35. The van der Waals surface area contributed by atoms with Crippen molar-refractivity contribution in [2.24, 2.45) is 0 Å². The third-order valence-electron chi connectivity index (χ3n) is 3.61. The Balaban J connectivity index is 2.52. The summed E-state index contributed by atoms with van der Waals surface area (Å²) in [6.45, 7) is 7.32. The summed E-state index contributed by atoms with van der Waals surface area (Å²) < 4.78 is 17.1. The maximum Gasteiger partial charge on any atom is 0.302 e. The molecule has 0 amide bonds. The summed E-state index contributed by atoms with van der Waals surface area (Å²) in [6.07, 6.45) is 4.12. The van der Waals surface area contributed by atoms with Gasteiger partial charge in [-0.1, -0.05) is 13.3 Å². The molecule has 1 aliphatic heterocycles. The summed E-state index contributed by atoms with van der Waals surface area (Å²) >= 11 is 0. The zero-order valence-corrected chi connectivity index (χ0v) is 13.7. The van der Waals surface area contributed by atoms with Crippen LogP contribution in [0.1, 0.15) is 66.2 Å². The van der Waals surface area contributed by atoms with Gasteiger partial charge >= 0.3 is 5.97 Å². The van der Waals surface area contributed by atoms with Crippen LogP contribution >= 0.6 is 0 Å². The van der Waals surface area contributed by atoms with Crippen molar-refractivity contribution in [3.63, 3.8) is 0 Å². The van der Waals surface area contributed by atoms with E-state index >= 15 is 0 Å². The quantitative estimate of drug-likeness (QED) is 0.698. The molecule has 0 saturated carbocycles. The predicted octanol–water partition coefficient (Wildman–Crippen LogP) is 2.79. The molecule has 1 saturated heterocycles. The van der Waals surface area contributed by atoms with Crippen LogP contribution in [0.2, 0.25) is 0 Å². The molecule has 0 aromatic rings. The summed E-state index contributed by atoms with van der Waals surface area (Å²) in [7, 11) is 0. The van der Waals surface area contributed by atoms with Gasteiger partial charge in [0.05, 0.1) is 18.3 Å². The van der Waals surface area contributed by atoms with E-state index in [0.717, 1.165) is 19.3 Å². The molecule has 124 valence electrons. The van der Waals surface area contributed by atoms with Gasteiger partial charge in [-0.05, 0) is 39.5 Å². The van der Waals surface area contributed by atoms with Crippen molar-refractivity contribution >= 4 is 5.97 Å². The Morgan fingerprint density at radius 2 is 2.10 bits per heavy atom. The highest BCUT2D eigenvalue weighted by Gasteiger charge is 2.30. The highest BCUT2D eigenvalue weighted by atomic mass is 16.7. The fraction of sp³-hybridized carbons (Fsp3) is 0.938. The van der Waals surface area contributed by atoms with Gasteiger partial charge in [0.15, 0.2) is 6.29 Å². The summed E-state index contributed by atoms with van der Waals surface area (Å²) in [5.41, 5.74) is 0. The molecule has 1 heterocycles. The van der Waals surface area contributed by atoms with Crippen molar-refractivity contribution < 1.29 is 24.1 Å². The van der Waals surface area contributed by atoms with Crippen molar-refractivity contribution in [3.8, 4) is 0 Å². The Bertz CT molecular complexity index is 305. The Labute approximate surface area is 128 Å². The normalized spacial score (nSPS) is 28.9. The van der Waals surface area contributed by atoms with Gasteiger partial charge < -0.3 is 19.3 Å². The molecule has 1 rings (SSSR count). The molecule has 21 heavy (non-hydrogen) atoms. The largest absolute Gasteiger partial charge is 0.462 e. The molecule has 0 aliphatic carbocycles. The molecule has 5 nitrogen and oxygen atoms in total. The number of carbonyl (C=O) groups excluding carboxylic acids is 1. The lowest BCUT2D eigenvalue weighted by molar-refractivity contribution is -0.245. The molecule has 1 fully saturated rings. The highest BCUT2D eigenvalue weighted by Crippen LogP contribution is 2.26. The van der Waals surface area contributed by atoms with Crippen LogP contribution in [0.5, 0.6) is 0 Å². The lowest BCUT2D eigenvalue weighted by Crippen LogP contribution is -2.39. The van der Waals surface area contributed by atoms with E-state index in [4.69, 9.17) is 14.2 Å². The zero-order chi connectivity index (χ0) is 15.8. The highest BCUT2D eigenvalue weighted by molar-refractivity contribution is 5.66. The summed E-state index contributed by atoms with van der Waals surface area (Å²) in [5.74, 6) is -0.282. The number of esters is 1. The van der Waals surface area contributed by atoms with Gasteiger partial charge in [0, 0.05) is 13.3 Å². The molecule has 5 unspecified atom stereocenters. The van der Waals surface area contributed by atoms with Crippen LogP contribution in [0.3, 0.4) is 0 Å². The number of ether oxygens (including phenoxy) is 3. The standard InChI is InChI=1S/C16H30O5/c1-5-6-16-19-12(3)9-15(21-16)10-14(20-13(4)18)8-7-11(2)17/h11-12,14-17H,5-10H2,1-4H3. The minimum absolute atomic E-state index is 0.0450. The zero-order valence-electron chi connectivity index (χ0n) is 13.7. The molecule has 0 aromatic heterocycles. The van der Waals surface area contributed by atoms with Crippen molar-refractivity contribution in [1.82, 2.24) is 0 Å². The maximum absolute atomic E-state index is 11.2. The maximum atomic E-state index is 11.2. The van der Waals surface area contributed by atoms with Gasteiger partial charge in [-0.15, -0.1) is 0 Å². The Morgan fingerprint density at radius 1 is 1.38 bits per heavy atom. The van der Waals surface area contributed by atoms with Crippen molar-refractivity contribution in [1.29, 1.82) is 0 Å². The Hall–Kier alpha value is -0.650. The first-order valence-electron chi connectivity index (χ1n) is 8.06. The molecule has 1 aliphatic rings. The van der Waals surface area contributed by atoms with Crippen molar-refractivity contribution in [2.75, 3.05) is 0 Å². The molecule has 5 atom stereocenters. The fourth-order valence-electron chi connectivity index (χ4n) is 2.69. The number of aliphatic hydroxyl groups excluding tert-OH is 1. The van der Waals surface area contributed by atoms with E-state index in [1.807, 2.05) is 0 Å². The van der Waals surface area contributed by atoms with E-state index in [1.165, 1.54) is 6.92 Å². The molecule has 0 radical (unpaired) electrons. The monoisotopic (exact) mass is 302 g/mol. The smallest absolute Gasteiger partial charge is 0.302 e. The first-order valence-corrected chi connectivity index (χ1v) is 8.06. The van der Waals surface area contributed by atoms with Crippen molar-refractivity contribution in [3.05, 3.63) is 0 Å². The van der Waals surface area contributed by atoms with Gasteiger partial charge in [0.1, 0.15) is 6.10 Å². The summed E-state index contributed by atoms with van der Waals surface area (Å²) in [6, 6.07) is 0. The molecule has 0 spiro atoms. The summed E-state index contributed by atoms with van der Waals surface area (Å²) in [4.78, 5) is 11.2. The Kier molecular flexibility index (Phi) is 8.22. The van der Waals surface area contributed by atoms with E-state index in [0.29, 0.717) is 19.3 Å². The lowest BCUT2D eigenvalue weighted by Gasteiger charge is -2.35. The van der Waals surface area contributed by atoms with E-state index in [9.17, 15) is 9.90 Å². The molecule has 0 aromatic carbocycles. The van der Waals surface area contributed by atoms with Gasteiger partial charge in [-0.25, -0.2) is 0 Å². The average molecular weight is 302 g/mol. The van der Waals surface area contributed by atoms with E-state index in [1.54, 1.807) is 6.92 Å². The summed E-state index contributed by atoms with van der Waals surface area (Å²) in [5, 5.41) is 9.40. The van der Waals surface area contributed by atoms with Crippen molar-refractivity contribution in [2.45, 2.75) is 96.9 Å². The number of hydrogen-bond acceptors (Lipinski definition) is 5. The third-order valence-corrected chi connectivity index (χ3v) is 3.61. The van der Waals surface area contributed by atoms with Crippen LogP contribution in [0.4, 0.5) is 0 Å². The number of rotatable bonds is 8. The topological polar surface area (TPSA) is 65.0 Å². The minimum Gasteiger partial charge on any atom is -0.462 e. The molecule has 5 heteroatoms. The lowest BCUT2D eigenvalue weighted by atomic mass is 10.0. The predicted molar refractivity (Wildman–Crippen MR) is 79.8 cm³/mol. The second kappa shape index (κ2) is 9.38. The van der Waals surface area contributed by atoms with E-state index in [-0.39, 0.29) is 36.7 Å². The van der Waals surface area contributed by atoms with Crippen LogP contribution in [0, 0.1) is 0 Å². The van der Waals surface area contributed by atoms with Crippen LogP contribution in [-0.2, 0) is 19.0 Å². The number of carbonyl (C=O) groups is 1. The van der Waals surface area contributed by atoms with Crippen LogP contribution in [0.25, 0.3) is 0 Å². The first-order chi connectivity index (χ1) is 9.90. The molecular weight excluding hydrogens is 272 g/mol. The van der Waals surface area contributed by atoms with Crippen LogP contribution in [-0.4, -0.2) is 41.8 Å². The molecule has 1 N–H and O–H groups in total. The Morgan fingerprint density at radius 3 is 2.67 bits per heavy atom. The number of aliphatic hydroxyl groups is 1. The van der Waals surface area contributed by atoms with Gasteiger partial charge in [0.25, 0.3) is 0 Å². The van der Waals surface area contributed by atoms with Gasteiger partial charge in [-0.2, -0.15) is 0 Å². The second-order valence-electron chi connectivity index (χ2n) is 6.05. The molecular formula is C16H30O5. The third kappa shape index (κ3) is 7.79. The van der Waals surface area contributed by atoms with Gasteiger partial charge in [-0.3, -0.25) is 4.79 Å². The fourth-order valence-corrected chi connectivity index (χ4v) is 2.69. The first kappa shape index (κ1) is 18.4. The van der Waals surface area contributed by atoms with E-state index in [2.05, 4.69) is 13.8 Å².